The summed E-state index contributed by atoms with van der Waals surface area (Å²) in [6.07, 6.45) is 0.673. The number of likely N-dealkylation sites (tertiary alicyclic amines) is 1. The van der Waals surface area contributed by atoms with E-state index < -0.39 is 27.8 Å². The summed E-state index contributed by atoms with van der Waals surface area (Å²) in [7, 11) is -0.778. The second-order valence-corrected chi connectivity index (χ2v) is 11.7. The van der Waals surface area contributed by atoms with Crippen LogP contribution in [0.5, 0.6) is 0 Å². The molecule has 2 aliphatic heterocycles. The molecule has 0 radical (unpaired) electrons. The Hall–Kier alpha value is -3.05. The van der Waals surface area contributed by atoms with E-state index >= 15 is 0 Å². The third kappa shape index (κ3) is 5.62. The molecule has 0 spiro atoms. The van der Waals surface area contributed by atoms with Crippen LogP contribution >= 0.6 is 0 Å². The van der Waals surface area contributed by atoms with E-state index in [2.05, 4.69) is 4.90 Å². The molecule has 2 aliphatic rings. The number of carbonyl (C=O) groups is 2. The fourth-order valence-electron chi connectivity index (χ4n) is 4.65. The second-order valence-electron chi connectivity index (χ2n) is 9.52. The SMILES string of the molecule is Cc1ccc([C@@H]2/C(=C(\O)c3ccc(S(=O)(=O)N(C)C)cc3)C(=O)C(=O)N2CCCN2CCOCC2)cc1. The monoisotopic (exact) mass is 527 g/mol. The number of aliphatic hydroxyl groups is 1. The molecule has 0 saturated carbocycles. The van der Waals surface area contributed by atoms with Crippen molar-refractivity contribution in [1.29, 1.82) is 0 Å². The Balaban J connectivity index is 1.68. The van der Waals surface area contributed by atoms with E-state index in [1.165, 1.54) is 43.3 Å². The molecule has 0 unspecified atom stereocenters. The van der Waals surface area contributed by atoms with Crippen LogP contribution in [-0.4, -0.2) is 92.8 Å². The number of sulfonamides is 1. The smallest absolute Gasteiger partial charge is 0.295 e. The number of aliphatic hydroxyl groups excluding tert-OH is 1. The first kappa shape index (κ1) is 27.0. The number of carbonyl (C=O) groups excluding carboxylic acids is 2. The lowest BCUT2D eigenvalue weighted by molar-refractivity contribution is -0.140. The highest BCUT2D eigenvalue weighted by Crippen LogP contribution is 2.39. The van der Waals surface area contributed by atoms with Gasteiger partial charge in [0, 0.05) is 45.8 Å². The van der Waals surface area contributed by atoms with Crippen molar-refractivity contribution in [2.75, 3.05) is 53.5 Å². The van der Waals surface area contributed by atoms with Gasteiger partial charge in [-0.1, -0.05) is 29.8 Å². The van der Waals surface area contributed by atoms with Crippen LogP contribution in [0.3, 0.4) is 0 Å². The minimum atomic E-state index is -3.65. The predicted molar refractivity (Wildman–Crippen MR) is 139 cm³/mol. The molecule has 2 aromatic carbocycles. The third-order valence-corrected chi connectivity index (χ3v) is 8.65. The normalized spacial score (nSPS) is 20.6. The number of ketones is 1. The Kier molecular flexibility index (Phi) is 8.13. The standard InChI is InChI=1S/C27H33N3O6S/c1-19-5-7-20(8-6-19)24-23(25(31)21-9-11-22(12-10-21)37(34,35)28(2)3)26(32)27(33)30(24)14-4-13-29-15-17-36-18-16-29/h5-12,24,31H,4,13-18H2,1-3H3/b25-23+/t24-/m1/s1. The molecule has 1 amide bonds. The van der Waals surface area contributed by atoms with Crippen LogP contribution in [0.2, 0.25) is 0 Å². The quantitative estimate of drug-likeness (QED) is 0.319. The van der Waals surface area contributed by atoms with Gasteiger partial charge in [0.2, 0.25) is 10.0 Å². The highest BCUT2D eigenvalue weighted by molar-refractivity contribution is 7.89. The van der Waals surface area contributed by atoms with Crippen molar-refractivity contribution < 1.29 is 27.9 Å². The highest BCUT2D eigenvalue weighted by atomic mass is 32.2. The first-order valence-electron chi connectivity index (χ1n) is 12.3. The zero-order chi connectivity index (χ0) is 26.7. The summed E-state index contributed by atoms with van der Waals surface area (Å²) in [6.45, 7) is 6.11. The van der Waals surface area contributed by atoms with Gasteiger partial charge in [-0.2, -0.15) is 0 Å². The van der Waals surface area contributed by atoms with Gasteiger partial charge in [-0.05, 0) is 43.2 Å². The molecule has 0 aliphatic carbocycles. The van der Waals surface area contributed by atoms with Crippen LogP contribution in [-0.2, 0) is 24.3 Å². The number of morpholine rings is 1. The van der Waals surface area contributed by atoms with Crippen molar-refractivity contribution in [2.45, 2.75) is 24.3 Å². The minimum Gasteiger partial charge on any atom is -0.507 e. The second kappa shape index (κ2) is 11.1. The Labute approximate surface area is 218 Å². The summed E-state index contributed by atoms with van der Waals surface area (Å²) >= 11 is 0. The molecule has 0 aromatic heterocycles. The minimum absolute atomic E-state index is 0.00319. The molecule has 2 heterocycles. The number of aryl methyl sites for hydroxylation is 1. The summed E-state index contributed by atoms with van der Waals surface area (Å²) < 4.78 is 31.3. The van der Waals surface area contributed by atoms with E-state index in [-0.39, 0.29) is 21.8 Å². The van der Waals surface area contributed by atoms with Crippen LogP contribution in [0.25, 0.3) is 5.76 Å². The van der Waals surface area contributed by atoms with Gasteiger partial charge in [0.15, 0.2) is 0 Å². The van der Waals surface area contributed by atoms with Crippen molar-refractivity contribution >= 4 is 27.5 Å². The van der Waals surface area contributed by atoms with Crippen LogP contribution in [0.15, 0.2) is 59.0 Å². The molecule has 1 atom stereocenters. The summed E-state index contributed by atoms with van der Waals surface area (Å²) in [5, 5.41) is 11.2. The zero-order valence-corrected chi connectivity index (χ0v) is 22.2. The van der Waals surface area contributed by atoms with Crippen molar-refractivity contribution in [3.8, 4) is 0 Å². The lowest BCUT2D eigenvalue weighted by atomic mass is 9.94. The first-order chi connectivity index (χ1) is 17.6. The van der Waals surface area contributed by atoms with Crippen LogP contribution in [0.1, 0.15) is 29.2 Å². The van der Waals surface area contributed by atoms with E-state index in [1.807, 2.05) is 31.2 Å². The lowest BCUT2D eigenvalue weighted by Gasteiger charge is -2.29. The molecule has 0 bridgehead atoms. The molecule has 9 nitrogen and oxygen atoms in total. The predicted octanol–water partition coefficient (Wildman–Crippen LogP) is 2.39. The lowest BCUT2D eigenvalue weighted by Crippen LogP contribution is -2.38. The largest absolute Gasteiger partial charge is 0.507 e. The van der Waals surface area contributed by atoms with Gasteiger partial charge in [-0.15, -0.1) is 0 Å². The fraction of sp³-hybridized carbons (Fsp3) is 0.407. The molecule has 2 aromatic rings. The number of hydrogen-bond donors (Lipinski definition) is 1. The molecule has 2 saturated heterocycles. The maximum absolute atomic E-state index is 13.2. The van der Waals surface area contributed by atoms with Gasteiger partial charge in [0.25, 0.3) is 11.7 Å². The molecular formula is C27H33N3O6S. The Morgan fingerprint density at radius 3 is 2.22 bits per heavy atom. The van der Waals surface area contributed by atoms with Gasteiger partial charge >= 0.3 is 0 Å². The van der Waals surface area contributed by atoms with E-state index in [0.717, 1.165) is 35.1 Å². The molecule has 1 N–H and O–H groups in total. The number of benzene rings is 2. The van der Waals surface area contributed by atoms with Crippen molar-refractivity contribution in [2.24, 2.45) is 0 Å². The van der Waals surface area contributed by atoms with Crippen LogP contribution < -0.4 is 0 Å². The number of rotatable bonds is 8. The average Bonchev–Trinajstić information content (AvgIpc) is 3.14. The summed E-state index contributed by atoms with van der Waals surface area (Å²) in [4.78, 5) is 30.2. The van der Waals surface area contributed by atoms with Crippen LogP contribution in [0.4, 0.5) is 0 Å². The van der Waals surface area contributed by atoms with Crippen molar-refractivity contribution in [1.82, 2.24) is 14.1 Å². The van der Waals surface area contributed by atoms with Crippen molar-refractivity contribution in [3.63, 3.8) is 0 Å². The topological polar surface area (TPSA) is 107 Å². The van der Waals surface area contributed by atoms with E-state index in [9.17, 15) is 23.1 Å². The summed E-state index contributed by atoms with van der Waals surface area (Å²) in [5.41, 5.74) is 2.03. The molecule has 4 rings (SSSR count). The number of nitrogens with zero attached hydrogens (tertiary/aromatic N) is 3. The maximum atomic E-state index is 13.2. The molecule has 37 heavy (non-hydrogen) atoms. The first-order valence-corrected chi connectivity index (χ1v) is 13.7. The van der Waals surface area contributed by atoms with Gasteiger partial charge in [0.05, 0.1) is 29.7 Å². The maximum Gasteiger partial charge on any atom is 0.295 e. The van der Waals surface area contributed by atoms with Gasteiger partial charge < -0.3 is 14.7 Å². The molecule has 10 heteroatoms. The average molecular weight is 528 g/mol. The Bertz CT molecular complexity index is 1280. The summed E-state index contributed by atoms with van der Waals surface area (Å²) in [6, 6.07) is 12.5. The van der Waals surface area contributed by atoms with E-state index in [1.54, 1.807) is 0 Å². The molecular weight excluding hydrogens is 494 g/mol. The number of ether oxygens (including phenoxy) is 1. The zero-order valence-electron chi connectivity index (χ0n) is 21.4. The van der Waals surface area contributed by atoms with Gasteiger partial charge in [-0.25, -0.2) is 12.7 Å². The molecule has 198 valence electrons. The summed E-state index contributed by atoms with van der Waals surface area (Å²) in [5.74, 6) is -1.73. The molecule has 2 fully saturated rings. The van der Waals surface area contributed by atoms with Gasteiger partial charge in [0.1, 0.15) is 5.76 Å². The Morgan fingerprint density at radius 1 is 1.00 bits per heavy atom. The van der Waals surface area contributed by atoms with E-state index in [0.29, 0.717) is 26.2 Å². The third-order valence-electron chi connectivity index (χ3n) is 6.82. The Morgan fingerprint density at radius 2 is 1.62 bits per heavy atom. The van der Waals surface area contributed by atoms with Gasteiger partial charge in [-0.3, -0.25) is 14.5 Å². The van der Waals surface area contributed by atoms with Crippen molar-refractivity contribution in [3.05, 3.63) is 70.8 Å². The number of hydrogen-bond acceptors (Lipinski definition) is 7. The number of Topliss-reactive ketones (excluding diaryl/α,β-unsaturated/α-hetero) is 1. The number of amides is 1. The highest BCUT2D eigenvalue weighted by Gasteiger charge is 2.45. The fourth-order valence-corrected chi connectivity index (χ4v) is 5.55. The van der Waals surface area contributed by atoms with E-state index in [4.69, 9.17) is 4.74 Å². The van der Waals surface area contributed by atoms with Crippen LogP contribution in [0, 0.1) is 6.92 Å².